The number of aliphatic carboxylic acids is 1. The van der Waals surface area contributed by atoms with Crippen LogP contribution < -0.4 is 0 Å². The summed E-state index contributed by atoms with van der Waals surface area (Å²) in [6, 6.07) is 0.519. The first-order chi connectivity index (χ1) is 9.21. The number of carbonyl (C=O) groups is 2. The van der Waals surface area contributed by atoms with Crippen molar-refractivity contribution in [2.24, 2.45) is 11.3 Å². The fourth-order valence-electron chi connectivity index (χ4n) is 3.51. The summed E-state index contributed by atoms with van der Waals surface area (Å²) in [6.07, 6.45) is 2.30. The van der Waals surface area contributed by atoms with E-state index in [-0.39, 0.29) is 11.9 Å². The molecule has 0 saturated carbocycles. The van der Waals surface area contributed by atoms with Crippen LogP contribution in [-0.4, -0.2) is 58.5 Å². The summed E-state index contributed by atoms with van der Waals surface area (Å²) in [5, 5.41) is 9.43. The predicted octanol–water partition coefficient (Wildman–Crippen LogP) is 1.43. The first-order valence-electron chi connectivity index (χ1n) is 7.49. The Labute approximate surface area is 120 Å². The van der Waals surface area contributed by atoms with Gasteiger partial charge in [0.25, 0.3) is 0 Å². The van der Waals surface area contributed by atoms with Crippen LogP contribution in [-0.2, 0) is 9.59 Å². The number of fused-ring (bicyclic) bond motifs is 1. The van der Waals surface area contributed by atoms with Crippen LogP contribution in [0.5, 0.6) is 0 Å². The van der Waals surface area contributed by atoms with Crippen LogP contribution in [0.2, 0.25) is 0 Å². The Balaban J connectivity index is 2.16. The van der Waals surface area contributed by atoms with Gasteiger partial charge in [-0.05, 0) is 31.7 Å². The van der Waals surface area contributed by atoms with Gasteiger partial charge in [-0.25, -0.2) is 0 Å². The van der Waals surface area contributed by atoms with Gasteiger partial charge in [-0.3, -0.25) is 14.5 Å². The van der Waals surface area contributed by atoms with Crippen molar-refractivity contribution in [3.63, 3.8) is 0 Å². The van der Waals surface area contributed by atoms with Crippen LogP contribution in [0.25, 0.3) is 0 Å². The summed E-state index contributed by atoms with van der Waals surface area (Å²) in [5.41, 5.74) is -0.560. The lowest BCUT2D eigenvalue weighted by Crippen LogP contribution is -2.59. The highest BCUT2D eigenvalue weighted by atomic mass is 16.4. The quantitative estimate of drug-likeness (QED) is 0.778. The van der Waals surface area contributed by atoms with Gasteiger partial charge < -0.3 is 10.0 Å². The van der Waals surface area contributed by atoms with Crippen molar-refractivity contribution in [3.8, 4) is 0 Å². The predicted molar refractivity (Wildman–Crippen MR) is 76.4 cm³/mol. The average Bonchev–Trinajstić information content (AvgIpc) is 2.71. The number of rotatable bonds is 2. The van der Waals surface area contributed by atoms with Crippen LogP contribution in [0.3, 0.4) is 0 Å². The van der Waals surface area contributed by atoms with E-state index >= 15 is 0 Å². The van der Waals surface area contributed by atoms with E-state index in [1.807, 2.05) is 27.7 Å². The molecule has 2 saturated heterocycles. The van der Waals surface area contributed by atoms with E-state index < -0.39 is 17.3 Å². The third-order valence-corrected chi connectivity index (χ3v) is 4.58. The van der Waals surface area contributed by atoms with Gasteiger partial charge in [0.05, 0.1) is 0 Å². The van der Waals surface area contributed by atoms with Gasteiger partial charge in [-0.2, -0.15) is 0 Å². The Hall–Kier alpha value is -1.10. The van der Waals surface area contributed by atoms with Crippen LogP contribution in [0.1, 0.15) is 40.5 Å². The molecule has 2 rings (SSSR count). The third kappa shape index (κ3) is 2.82. The number of hydrogen-bond acceptors (Lipinski definition) is 3. The Kier molecular flexibility index (Phi) is 4.09. The Morgan fingerprint density at radius 1 is 1.25 bits per heavy atom. The Morgan fingerprint density at radius 3 is 2.45 bits per heavy atom. The van der Waals surface area contributed by atoms with Crippen molar-refractivity contribution in [2.75, 3.05) is 19.6 Å². The molecule has 2 aliphatic heterocycles. The highest BCUT2D eigenvalue weighted by Crippen LogP contribution is 2.31. The minimum Gasteiger partial charge on any atom is -0.481 e. The lowest BCUT2D eigenvalue weighted by Gasteiger charge is -2.44. The molecule has 5 heteroatoms. The summed E-state index contributed by atoms with van der Waals surface area (Å²) in [4.78, 5) is 28.5. The molecule has 2 fully saturated rings. The summed E-state index contributed by atoms with van der Waals surface area (Å²) >= 11 is 0. The molecule has 3 atom stereocenters. The maximum absolute atomic E-state index is 12.7. The van der Waals surface area contributed by atoms with Gasteiger partial charge in [0.2, 0.25) is 5.91 Å². The first-order valence-corrected chi connectivity index (χ1v) is 7.49. The molecule has 20 heavy (non-hydrogen) atoms. The second-order valence-electron chi connectivity index (χ2n) is 7.27. The number of amides is 1. The highest BCUT2D eigenvalue weighted by Gasteiger charge is 2.44. The average molecular weight is 282 g/mol. The van der Waals surface area contributed by atoms with Gasteiger partial charge in [0, 0.05) is 25.2 Å². The fraction of sp³-hybridized carbons (Fsp3) is 0.867. The maximum atomic E-state index is 12.7. The maximum Gasteiger partial charge on any atom is 0.316 e. The first kappa shape index (κ1) is 15.3. The van der Waals surface area contributed by atoms with E-state index in [9.17, 15) is 14.7 Å². The van der Waals surface area contributed by atoms with Crippen LogP contribution in [0.15, 0.2) is 0 Å². The number of piperazine rings is 1. The van der Waals surface area contributed by atoms with E-state index in [4.69, 9.17) is 0 Å². The lowest BCUT2D eigenvalue weighted by molar-refractivity contribution is -0.159. The molecule has 0 aromatic rings. The molecule has 2 aliphatic rings. The van der Waals surface area contributed by atoms with Crippen LogP contribution >= 0.6 is 0 Å². The minimum atomic E-state index is -1.01. The molecule has 5 nitrogen and oxygen atoms in total. The second kappa shape index (κ2) is 5.35. The molecule has 1 amide bonds. The SMILES string of the molecule is CC1CN2CCCC2CN1C(=O)C(C(=O)O)C(C)(C)C. The third-order valence-electron chi connectivity index (χ3n) is 4.58. The molecule has 3 unspecified atom stereocenters. The largest absolute Gasteiger partial charge is 0.481 e. The van der Waals surface area contributed by atoms with Crippen molar-refractivity contribution in [1.29, 1.82) is 0 Å². The van der Waals surface area contributed by atoms with Crippen molar-refractivity contribution in [3.05, 3.63) is 0 Å². The lowest BCUT2D eigenvalue weighted by atomic mass is 9.79. The number of nitrogens with zero attached hydrogens (tertiary/aromatic N) is 2. The Morgan fingerprint density at radius 2 is 1.90 bits per heavy atom. The normalized spacial score (nSPS) is 29.1. The summed E-state index contributed by atoms with van der Waals surface area (Å²) in [6.45, 7) is 10.1. The standard InChI is InChI=1S/C15H26N2O3/c1-10-8-16-7-5-6-11(16)9-17(10)13(18)12(14(19)20)15(2,3)4/h10-12H,5-9H2,1-4H3,(H,19,20). The van der Waals surface area contributed by atoms with Crippen molar-refractivity contribution in [2.45, 2.75) is 52.6 Å². The minimum absolute atomic E-state index is 0.0982. The highest BCUT2D eigenvalue weighted by molar-refractivity contribution is 5.98. The summed E-state index contributed by atoms with van der Waals surface area (Å²) < 4.78 is 0. The smallest absolute Gasteiger partial charge is 0.316 e. The molecule has 0 aliphatic carbocycles. The number of hydrogen-bond donors (Lipinski definition) is 1. The number of carbonyl (C=O) groups excluding carboxylic acids is 1. The summed E-state index contributed by atoms with van der Waals surface area (Å²) in [5.74, 6) is -2.19. The van der Waals surface area contributed by atoms with Crippen LogP contribution in [0, 0.1) is 11.3 Å². The van der Waals surface area contributed by atoms with Gasteiger partial charge >= 0.3 is 5.97 Å². The molecule has 1 N–H and O–H groups in total. The van der Waals surface area contributed by atoms with E-state index in [1.165, 1.54) is 6.42 Å². The van der Waals surface area contributed by atoms with Gasteiger partial charge in [0.15, 0.2) is 0 Å². The van der Waals surface area contributed by atoms with Gasteiger partial charge in [-0.1, -0.05) is 20.8 Å². The zero-order valence-electron chi connectivity index (χ0n) is 12.9. The molecule has 0 aromatic heterocycles. The van der Waals surface area contributed by atoms with Gasteiger partial charge in [0.1, 0.15) is 5.92 Å². The van der Waals surface area contributed by atoms with Crippen LogP contribution in [0.4, 0.5) is 0 Å². The van der Waals surface area contributed by atoms with E-state index in [0.717, 1.165) is 19.5 Å². The van der Waals surface area contributed by atoms with Crippen molar-refractivity contribution >= 4 is 11.9 Å². The number of carboxylic acids is 1. The second-order valence-corrected chi connectivity index (χ2v) is 7.27. The monoisotopic (exact) mass is 282 g/mol. The Bertz CT molecular complexity index is 402. The molecule has 0 radical (unpaired) electrons. The molecular formula is C15H26N2O3. The van der Waals surface area contributed by atoms with Gasteiger partial charge in [-0.15, -0.1) is 0 Å². The van der Waals surface area contributed by atoms with Crippen molar-refractivity contribution < 1.29 is 14.7 Å². The van der Waals surface area contributed by atoms with Crippen molar-refractivity contribution in [1.82, 2.24) is 9.80 Å². The molecule has 0 bridgehead atoms. The molecule has 0 aromatic carbocycles. The summed E-state index contributed by atoms with van der Waals surface area (Å²) in [7, 11) is 0. The van der Waals surface area contributed by atoms with E-state index in [2.05, 4.69) is 4.90 Å². The zero-order valence-corrected chi connectivity index (χ0v) is 12.9. The molecule has 0 spiro atoms. The molecule has 114 valence electrons. The number of carboxylic acid groups (broad SMARTS) is 1. The van der Waals surface area contributed by atoms with E-state index in [1.54, 1.807) is 4.90 Å². The molecular weight excluding hydrogens is 256 g/mol. The topological polar surface area (TPSA) is 60.9 Å². The fourth-order valence-corrected chi connectivity index (χ4v) is 3.51. The molecule has 2 heterocycles. The zero-order chi connectivity index (χ0) is 15.1. The van der Waals surface area contributed by atoms with E-state index in [0.29, 0.717) is 12.6 Å².